The van der Waals surface area contributed by atoms with Crippen molar-refractivity contribution in [1.29, 1.82) is 0 Å². The van der Waals surface area contributed by atoms with Crippen molar-refractivity contribution < 1.29 is 4.42 Å². The Hall–Kier alpha value is -5.34. The third kappa shape index (κ3) is 3.05. The number of para-hydroxylation sites is 3. The molecule has 0 fully saturated rings. The number of hydrogen-bond donors (Lipinski definition) is 0. The van der Waals surface area contributed by atoms with Gasteiger partial charge in [-0.25, -0.2) is 0 Å². The highest BCUT2D eigenvalue weighted by Gasteiger charge is 2.37. The van der Waals surface area contributed by atoms with Gasteiger partial charge < -0.3 is 8.98 Å². The Kier molecular flexibility index (Phi) is 4.60. The highest BCUT2D eigenvalue weighted by Crippen LogP contribution is 2.52. The van der Waals surface area contributed by atoms with Crippen LogP contribution in [0.15, 0.2) is 132 Å². The lowest BCUT2D eigenvalue weighted by Crippen LogP contribution is -2.15. The van der Waals surface area contributed by atoms with Gasteiger partial charge in [0, 0.05) is 44.8 Å². The van der Waals surface area contributed by atoms with Crippen molar-refractivity contribution in [3.8, 4) is 39.2 Å². The summed E-state index contributed by atoms with van der Waals surface area (Å²) in [4.78, 5) is 0. The fourth-order valence-electron chi connectivity index (χ4n) is 8.14. The summed E-state index contributed by atoms with van der Waals surface area (Å²) >= 11 is 0. The topological polar surface area (TPSA) is 18.1 Å². The van der Waals surface area contributed by atoms with E-state index < -0.39 is 0 Å². The Balaban J connectivity index is 1.14. The zero-order valence-electron chi connectivity index (χ0n) is 24.7. The number of hydrogen-bond acceptors (Lipinski definition) is 1. The Morgan fingerprint density at radius 1 is 0.591 bits per heavy atom. The molecule has 44 heavy (non-hydrogen) atoms. The van der Waals surface area contributed by atoms with Gasteiger partial charge in [-0.2, -0.15) is 0 Å². The van der Waals surface area contributed by atoms with Gasteiger partial charge in [-0.05, 0) is 69.3 Å². The van der Waals surface area contributed by atoms with Gasteiger partial charge in [0.1, 0.15) is 11.2 Å². The van der Waals surface area contributed by atoms with Crippen LogP contribution in [0.3, 0.4) is 0 Å². The molecule has 0 atom stereocenters. The summed E-state index contributed by atoms with van der Waals surface area (Å²) in [5.41, 5.74) is 17.5. The minimum Gasteiger partial charge on any atom is -0.455 e. The summed E-state index contributed by atoms with van der Waals surface area (Å²) < 4.78 is 8.93. The fourth-order valence-corrected chi connectivity index (χ4v) is 8.14. The van der Waals surface area contributed by atoms with E-state index in [9.17, 15) is 0 Å². The van der Waals surface area contributed by atoms with Crippen LogP contribution in [0.4, 0.5) is 0 Å². The molecular formula is C42H29NO. The Bertz CT molecular complexity index is 2500. The molecule has 0 N–H and O–H groups in total. The summed E-state index contributed by atoms with van der Waals surface area (Å²) in [7, 11) is 0. The largest absolute Gasteiger partial charge is 0.455 e. The SMILES string of the molecule is CC1(C)c2cc(-c3cccc4c3oc3ccccc34)ccc2-c2ccc(-n3c4c(c5ccccc53)Cc3ccccc3-4)cc21. The molecule has 2 nitrogen and oxygen atoms in total. The van der Waals surface area contributed by atoms with Crippen molar-refractivity contribution >= 4 is 32.8 Å². The first kappa shape index (κ1) is 24.1. The zero-order valence-corrected chi connectivity index (χ0v) is 24.7. The van der Waals surface area contributed by atoms with E-state index in [-0.39, 0.29) is 5.41 Å². The van der Waals surface area contributed by atoms with Crippen LogP contribution >= 0.6 is 0 Å². The Morgan fingerprint density at radius 3 is 2.20 bits per heavy atom. The predicted octanol–water partition coefficient (Wildman–Crippen LogP) is 11.1. The van der Waals surface area contributed by atoms with Crippen molar-refractivity contribution in [3.63, 3.8) is 0 Å². The first-order valence-electron chi connectivity index (χ1n) is 15.5. The molecular weight excluding hydrogens is 534 g/mol. The normalized spacial score (nSPS) is 14.2. The van der Waals surface area contributed by atoms with Crippen molar-refractivity contribution in [3.05, 3.63) is 150 Å². The maximum atomic E-state index is 6.42. The van der Waals surface area contributed by atoms with Crippen molar-refractivity contribution in [1.82, 2.24) is 4.57 Å². The second kappa shape index (κ2) is 8.39. The molecule has 0 aliphatic heterocycles. The Morgan fingerprint density at radius 2 is 1.30 bits per heavy atom. The number of rotatable bonds is 2. The van der Waals surface area contributed by atoms with Crippen molar-refractivity contribution in [2.45, 2.75) is 25.7 Å². The van der Waals surface area contributed by atoms with E-state index in [0.29, 0.717) is 0 Å². The predicted molar refractivity (Wildman–Crippen MR) is 182 cm³/mol. The third-order valence-corrected chi connectivity index (χ3v) is 10.3. The van der Waals surface area contributed by atoms with Gasteiger partial charge in [0.25, 0.3) is 0 Å². The van der Waals surface area contributed by atoms with E-state index in [2.05, 4.69) is 140 Å². The average molecular weight is 564 g/mol. The van der Waals surface area contributed by atoms with Gasteiger partial charge >= 0.3 is 0 Å². The number of furan rings is 1. The quantitative estimate of drug-likeness (QED) is 0.205. The lowest BCUT2D eigenvalue weighted by molar-refractivity contribution is 0.659. The summed E-state index contributed by atoms with van der Waals surface area (Å²) in [6, 6.07) is 46.7. The number of benzene rings is 6. The van der Waals surface area contributed by atoms with E-state index in [1.807, 2.05) is 6.07 Å². The molecule has 0 spiro atoms. The van der Waals surface area contributed by atoms with Gasteiger partial charge in [0.05, 0.1) is 11.2 Å². The molecule has 2 aliphatic carbocycles. The summed E-state index contributed by atoms with van der Waals surface area (Å²) in [5, 5.41) is 3.68. The van der Waals surface area contributed by atoms with Crippen LogP contribution in [0.2, 0.25) is 0 Å². The highest BCUT2D eigenvalue weighted by atomic mass is 16.3. The van der Waals surface area contributed by atoms with Gasteiger partial charge in [-0.15, -0.1) is 0 Å². The number of aromatic nitrogens is 1. The second-order valence-electron chi connectivity index (χ2n) is 12.9. The molecule has 0 saturated carbocycles. The average Bonchev–Trinajstić information content (AvgIpc) is 3.77. The van der Waals surface area contributed by atoms with Crippen LogP contribution in [0, 0.1) is 0 Å². The first-order chi connectivity index (χ1) is 21.6. The van der Waals surface area contributed by atoms with Crippen LogP contribution in [0.5, 0.6) is 0 Å². The third-order valence-electron chi connectivity index (χ3n) is 10.3. The van der Waals surface area contributed by atoms with Crippen LogP contribution in [-0.2, 0) is 11.8 Å². The van der Waals surface area contributed by atoms with Gasteiger partial charge in [-0.3, -0.25) is 0 Å². The first-order valence-corrected chi connectivity index (χ1v) is 15.5. The molecule has 0 unspecified atom stereocenters. The molecule has 6 aromatic carbocycles. The van der Waals surface area contributed by atoms with E-state index in [1.165, 1.54) is 72.2 Å². The minimum atomic E-state index is -0.150. The monoisotopic (exact) mass is 563 g/mol. The van der Waals surface area contributed by atoms with Crippen LogP contribution in [-0.4, -0.2) is 4.57 Å². The molecule has 2 heterocycles. The minimum absolute atomic E-state index is 0.150. The van der Waals surface area contributed by atoms with Crippen LogP contribution < -0.4 is 0 Å². The molecule has 8 aromatic rings. The molecule has 2 aliphatic rings. The van der Waals surface area contributed by atoms with Crippen LogP contribution in [0.1, 0.15) is 36.1 Å². The molecule has 0 bridgehead atoms. The molecule has 10 rings (SSSR count). The maximum absolute atomic E-state index is 6.42. The second-order valence-corrected chi connectivity index (χ2v) is 12.9. The lowest BCUT2D eigenvalue weighted by atomic mass is 9.81. The standard InChI is InChI=1S/C42H29NO/c1-42(2)36-23-26(29-14-9-15-34-33-13-6-8-17-39(33)44-41(29)34)18-20-30(36)31-21-19-27(24-37(31)42)43-38-16-7-5-12-32(38)35-22-25-10-3-4-11-28(25)40(35)43/h3-21,23-24H,22H2,1-2H3. The van der Waals surface area contributed by atoms with E-state index in [1.54, 1.807) is 0 Å². The molecule has 2 heteroatoms. The molecule has 0 saturated heterocycles. The van der Waals surface area contributed by atoms with Gasteiger partial charge in [0.2, 0.25) is 0 Å². The zero-order chi connectivity index (χ0) is 29.2. The van der Waals surface area contributed by atoms with E-state index in [4.69, 9.17) is 4.42 Å². The molecule has 2 aromatic heterocycles. The van der Waals surface area contributed by atoms with E-state index >= 15 is 0 Å². The van der Waals surface area contributed by atoms with Gasteiger partial charge in [0.15, 0.2) is 0 Å². The number of fused-ring (bicyclic) bond motifs is 11. The van der Waals surface area contributed by atoms with Crippen molar-refractivity contribution in [2.75, 3.05) is 0 Å². The fraction of sp³-hybridized carbons (Fsp3) is 0.0952. The summed E-state index contributed by atoms with van der Waals surface area (Å²) in [6.45, 7) is 4.75. The highest BCUT2D eigenvalue weighted by molar-refractivity contribution is 6.09. The molecule has 0 radical (unpaired) electrons. The summed E-state index contributed by atoms with van der Waals surface area (Å²) in [6.07, 6.45) is 0.988. The van der Waals surface area contributed by atoms with Gasteiger partial charge in [-0.1, -0.05) is 111 Å². The Labute approximate surface area is 255 Å². The number of nitrogens with zero attached hydrogens (tertiary/aromatic N) is 1. The van der Waals surface area contributed by atoms with Crippen LogP contribution in [0.25, 0.3) is 72.0 Å². The molecule has 0 amide bonds. The van der Waals surface area contributed by atoms with E-state index in [0.717, 1.165) is 28.5 Å². The maximum Gasteiger partial charge on any atom is 0.143 e. The lowest BCUT2D eigenvalue weighted by Gasteiger charge is -2.23. The smallest absolute Gasteiger partial charge is 0.143 e. The van der Waals surface area contributed by atoms with Crippen molar-refractivity contribution in [2.24, 2.45) is 0 Å². The summed E-state index contributed by atoms with van der Waals surface area (Å²) in [5.74, 6) is 0. The molecule has 208 valence electrons.